The molecule has 3 heterocycles. The molecule has 0 unspecified atom stereocenters. The summed E-state index contributed by atoms with van der Waals surface area (Å²) in [5.74, 6) is 0.800. The number of anilines is 1. The number of carbonyl (C=O) groups excluding carboxylic acids is 2. The molecule has 2 aromatic rings. The van der Waals surface area contributed by atoms with E-state index in [2.05, 4.69) is 31.9 Å². The summed E-state index contributed by atoms with van der Waals surface area (Å²) in [6.07, 6.45) is 0.747. The Balaban J connectivity index is 1.43. The second-order valence-corrected chi connectivity index (χ2v) is 6.68. The van der Waals surface area contributed by atoms with Crippen molar-refractivity contribution in [2.75, 3.05) is 31.1 Å². The minimum absolute atomic E-state index is 0.0715. The first-order valence-electron chi connectivity index (χ1n) is 7.96. The van der Waals surface area contributed by atoms with Crippen molar-refractivity contribution in [2.24, 2.45) is 5.10 Å². The van der Waals surface area contributed by atoms with Gasteiger partial charge >= 0.3 is 0 Å². The summed E-state index contributed by atoms with van der Waals surface area (Å²) in [7, 11) is 0. The van der Waals surface area contributed by atoms with Crippen LogP contribution in [0.5, 0.6) is 0 Å². The lowest BCUT2D eigenvalue weighted by molar-refractivity contribution is -0.124. The molecule has 24 heavy (non-hydrogen) atoms. The largest absolute Gasteiger partial charge is 0.352 e. The van der Waals surface area contributed by atoms with Gasteiger partial charge in [-0.05, 0) is 23.7 Å². The van der Waals surface area contributed by atoms with Gasteiger partial charge in [-0.3, -0.25) is 9.59 Å². The molecule has 8 heteroatoms. The van der Waals surface area contributed by atoms with Crippen molar-refractivity contribution < 1.29 is 9.59 Å². The van der Waals surface area contributed by atoms with Crippen molar-refractivity contribution >= 4 is 45.0 Å². The van der Waals surface area contributed by atoms with Crippen molar-refractivity contribution in [3.8, 4) is 0 Å². The van der Waals surface area contributed by atoms with Gasteiger partial charge in [-0.15, -0.1) is 0 Å². The molecule has 1 aromatic carbocycles. The zero-order chi connectivity index (χ0) is 16.5. The molecule has 7 nitrogen and oxygen atoms in total. The van der Waals surface area contributed by atoms with Gasteiger partial charge < -0.3 is 9.80 Å². The molecule has 2 aliphatic heterocycles. The topological polar surface area (TPSA) is 77.9 Å². The molecular weight excluding hydrogens is 326 g/mol. The third kappa shape index (κ3) is 2.73. The van der Waals surface area contributed by atoms with Gasteiger partial charge in [0, 0.05) is 44.4 Å². The van der Waals surface area contributed by atoms with Crippen molar-refractivity contribution in [1.29, 1.82) is 0 Å². The highest BCUT2D eigenvalue weighted by atomic mass is 32.1. The van der Waals surface area contributed by atoms with Crippen LogP contribution in [0.15, 0.2) is 29.4 Å². The van der Waals surface area contributed by atoms with Gasteiger partial charge in [0.05, 0.1) is 4.70 Å². The first kappa shape index (κ1) is 15.1. The van der Waals surface area contributed by atoms with Crippen LogP contribution in [0.1, 0.15) is 12.8 Å². The molecule has 1 saturated heterocycles. The normalized spacial score (nSPS) is 18.5. The zero-order valence-corrected chi connectivity index (χ0v) is 13.9. The SMILES string of the molecule is O=C1CCC(C(=O)N2CCN(c3nsc4ccccc34)CC2)=NN1. The summed E-state index contributed by atoms with van der Waals surface area (Å²) >= 11 is 1.51. The Morgan fingerprint density at radius 3 is 2.67 bits per heavy atom. The van der Waals surface area contributed by atoms with Gasteiger partial charge in [0.25, 0.3) is 5.91 Å². The number of piperazine rings is 1. The molecule has 2 aliphatic rings. The highest BCUT2D eigenvalue weighted by Crippen LogP contribution is 2.29. The first-order chi connectivity index (χ1) is 11.7. The van der Waals surface area contributed by atoms with E-state index < -0.39 is 0 Å². The molecule has 0 bridgehead atoms. The summed E-state index contributed by atoms with van der Waals surface area (Å²) in [4.78, 5) is 27.6. The standard InChI is InChI=1S/C16H17N5O2S/c22-14-6-5-12(17-18-14)16(23)21-9-7-20(8-10-21)15-11-3-1-2-4-13(11)24-19-15/h1-4H,5-10H2,(H,18,22). The smallest absolute Gasteiger partial charge is 0.270 e. The summed E-state index contributed by atoms with van der Waals surface area (Å²) in [6.45, 7) is 2.77. The maximum atomic E-state index is 12.5. The van der Waals surface area contributed by atoms with E-state index >= 15 is 0 Å². The van der Waals surface area contributed by atoms with Crippen molar-refractivity contribution in [3.05, 3.63) is 24.3 Å². The maximum Gasteiger partial charge on any atom is 0.270 e. The number of nitrogens with zero attached hydrogens (tertiary/aromatic N) is 4. The third-order valence-electron chi connectivity index (χ3n) is 4.38. The molecule has 0 radical (unpaired) electrons. The number of hydrazone groups is 1. The highest BCUT2D eigenvalue weighted by molar-refractivity contribution is 7.13. The predicted molar refractivity (Wildman–Crippen MR) is 93.2 cm³/mol. The monoisotopic (exact) mass is 343 g/mol. The van der Waals surface area contributed by atoms with Crippen molar-refractivity contribution in [3.63, 3.8) is 0 Å². The summed E-state index contributed by atoms with van der Waals surface area (Å²) in [5.41, 5.74) is 2.83. The van der Waals surface area contributed by atoms with E-state index in [9.17, 15) is 9.59 Å². The lowest BCUT2D eigenvalue weighted by atomic mass is 10.1. The second kappa shape index (κ2) is 6.20. The van der Waals surface area contributed by atoms with Crippen molar-refractivity contribution in [2.45, 2.75) is 12.8 Å². The van der Waals surface area contributed by atoms with Gasteiger partial charge in [0.15, 0.2) is 0 Å². The molecule has 0 aliphatic carbocycles. The van der Waals surface area contributed by atoms with Crippen LogP contribution >= 0.6 is 11.5 Å². The van der Waals surface area contributed by atoms with E-state index in [1.54, 1.807) is 4.90 Å². The quantitative estimate of drug-likeness (QED) is 0.889. The average molecular weight is 343 g/mol. The fourth-order valence-electron chi connectivity index (χ4n) is 3.03. The van der Waals surface area contributed by atoms with Crippen molar-refractivity contribution in [1.82, 2.24) is 14.7 Å². The van der Waals surface area contributed by atoms with E-state index in [1.165, 1.54) is 21.6 Å². The Morgan fingerprint density at radius 1 is 1.12 bits per heavy atom. The van der Waals surface area contributed by atoms with Crippen LogP contribution in [0.3, 0.4) is 0 Å². The van der Waals surface area contributed by atoms with Gasteiger partial charge in [0.2, 0.25) is 5.91 Å². The lowest BCUT2D eigenvalue weighted by Crippen LogP contribution is -2.51. The molecule has 124 valence electrons. The molecular formula is C16H17N5O2S. The second-order valence-electron chi connectivity index (χ2n) is 5.88. The molecule has 4 rings (SSSR count). The van der Waals surface area contributed by atoms with E-state index in [0.29, 0.717) is 31.6 Å². The molecule has 1 aromatic heterocycles. The Bertz CT molecular complexity index is 823. The molecule has 1 fully saturated rings. The maximum absolute atomic E-state index is 12.5. The molecule has 2 amide bonds. The Morgan fingerprint density at radius 2 is 1.92 bits per heavy atom. The number of fused-ring (bicyclic) bond motifs is 1. The number of aromatic nitrogens is 1. The van der Waals surface area contributed by atoms with Crippen LogP contribution in [0.2, 0.25) is 0 Å². The lowest BCUT2D eigenvalue weighted by Gasteiger charge is -2.35. The Hall–Kier alpha value is -2.48. The molecule has 1 N–H and O–H groups in total. The Kier molecular flexibility index (Phi) is 3.89. The van der Waals surface area contributed by atoms with E-state index in [1.807, 2.05) is 12.1 Å². The minimum Gasteiger partial charge on any atom is -0.352 e. The summed E-state index contributed by atoms with van der Waals surface area (Å²) in [6, 6.07) is 8.21. The molecule has 0 spiro atoms. The number of rotatable bonds is 2. The van der Waals surface area contributed by atoms with Crippen LogP contribution in [-0.4, -0.2) is 53.0 Å². The third-order valence-corrected chi connectivity index (χ3v) is 5.19. The zero-order valence-electron chi connectivity index (χ0n) is 13.1. The number of amides is 2. The molecule has 0 atom stereocenters. The van der Waals surface area contributed by atoms with Gasteiger partial charge in [-0.1, -0.05) is 12.1 Å². The number of hydrogen-bond donors (Lipinski definition) is 1. The number of nitrogens with one attached hydrogen (secondary N) is 1. The van der Waals surface area contributed by atoms with Crippen LogP contribution in [0, 0.1) is 0 Å². The summed E-state index contributed by atoms with van der Waals surface area (Å²) in [5, 5.41) is 5.07. The fraction of sp³-hybridized carbons (Fsp3) is 0.375. The van der Waals surface area contributed by atoms with Gasteiger partial charge in [-0.2, -0.15) is 9.47 Å². The van der Waals surface area contributed by atoms with Crippen LogP contribution in [0.4, 0.5) is 5.82 Å². The summed E-state index contributed by atoms with van der Waals surface area (Å²) < 4.78 is 5.76. The Labute approximate surface area is 143 Å². The highest BCUT2D eigenvalue weighted by Gasteiger charge is 2.27. The number of benzene rings is 1. The molecule has 0 saturated carbocycles. The predicted octanol–water partition coefficient (Wildman–Crippen LogP) is 1.21. The van der Waals surface area contributed by atoms with Gasteiger partial charge in [0.1, 0.15) is 11.5 Å². The minimum atomic E-state index is -0.133. The van der Waals surface area contributed by atoms with Crippen LogP contribution in [-0.2, 0) is 9.59 Å². The van der Waals surface area contributed by atoms with Crippen LogP contribution < -0.4 is 10.3 Å². The van der Waals surface area contributed by atoms with E-state index in [0.717, 1.165) is 18.9 Å². The number of hydrogen-bond acceptors (Lipinski definition) is 6. The first-order valence-corrected chi connectivity index (χ1v) is 8.74. The van der Waals surface area contributed by atoms with E-state index in [4.69, 9.17) is 0 Å². The van der Waals surface area contributed by atoms with E-state index in [-0.39, 0.29) is 11.8 Å². The van der Waals surface area contributed by atoms with Crippen LogP contribution in [0.25, 0.3) is 10.1 Å². The van der Waals surface area contributed by atoms with Gasteiger partial charge in [-0.25, -0.2) is 5.43 Å². The number of carbonyl (C=O) groups is 2. The average Bonchev–Trinajstić information content (AvgIpc) is 3.06. The fourth-order valence-corrected chi connectivity index (χ4v) is 3.83.